The number of amides is 1. The van der Waals surface area contributed by atoms with Gasteiger partial charge in [0.25, 0.3) is 5.91 Å². The van der Waals surface area contributed by atoms with Crippen molar-refractivity contribution in [3.8, 4) is 0 Å². The van der Waals surface area contributed by atoms with Crippen LogP contribution in [0.15, 0.2) is 36.5 Å². The molecular weight excluding hydrogens is 481 g/mol. The van der Waals surface area contributed by atoms with Crippen LogP contribution in [-0.2, 0) is 6.18 Å². The molecule has 0 radical (unpaired) electrons. The van der Waals surface area contributed by atoms with Crippen molar-refractivity contribution < 1.29 is 18.0 Å². The normalized spacial score (nSPS) is 23.6. The van der Waals surface area contributed by atoms with Gasteiger partial charge in [-0.05, 0) is 50.3 Å². The summed E-state index contributed by atoms with van der Waals surface area (Å²) in [5.41, 5.74) is -1.13. The highest BCUT2D eigenvalue weighted by molar-refractivity contribution is 5.96. The summed E-state index contributed by atoms with van der Waals surface area (Å²) in [6, 6.07) is 7.37. The Morgan fingerprint density at radius 2 is 1.70 bits per heavy atom. The molecule has 0 bridgehead atoms. The van der Waals surface area contributed by atoms with E-state index < -0.39 is 17.6 Å². The molecule has 4 heterocycles. The van der Waals surface area contributed by atoms with E-state index in [-0.39, 0.29) is 17.6 Å². The molecule has 0 saturated carbocycles. The number of rotatable bonds is 5. The van der Waals surface area contributed by atoms with Crippen molar-refractivity contribution in [3.63, 3.8) is 0 Å². The number of halogens is 3. The minimum Gasteiger partial charge on any atom is -0.356 e. The Kier molecular flexibility index (Phi) is 7.83. The summed E-state index contributed by atoms with van der Waals surface area (Å²) in [5, 5.41) is 3.49. The molecule has 1 amide bonds. The molecule has 7 nitrogen and oxygen atoms in total. The molecule has 5 rings (SSSR count). The average molecular weight is 517 g/mol. The Labute approximate surface area is 216 Å². The molecule has 0 aliphatic carbocycles. The summed E-state index contributed by atoms with van der Waals surface area (Å²) < 4.78 is 40.4. The zero-order valence-corrected chi connectivity index (χ0v) is 21.1. The van der Waals surface area contributed by atoms with Gasteiger partial charge in [0.2, 0.25) is 5.95 Å². The van der Waals surface area contributed by atoms with Gasteiger partial charge >= 0.3 is 6.18 Å². The minimum atomic E-state index is -4.55. The lowest BCUT2D eigenvalue weighted by atomic mass is 10.0. The Morgan fingerprint density at radius 1 is 0.919 bits per heavy atom. The summed E-state index contributed by atoms with van der Waals surface area (Å²) in [6.45, 7) is 4.64. The molecule has 3 saturated heterocycles. The Balaban J connectivity index is 1.19. The van der Waals surface area contributed by atoms with Gasteiger partial charge in [-0.15, -0.1) is 0 Å². The van der Waals surface area contributed by atoms with Crippen molar-refractivity contribution in [1.29, 1.82) is 0 Å². The molecule has 1 N–H and O–H groups in total. The van der Waals surface area contributed by atoms with Crippen molar-refractivity contribution in [1.82, 2.24) is 19.8 Å². The standard InChI is InChI=1S/C27H35F3N6O/c28-27(29,30)23-10-4-3-9-22(23)25(37)36-16-7-8-21(19-36)35-17-12-20(18-35)32-26-31-13-11-24(33-26)34-14-5-1-2-6-15-34/h3-4,9-11,13,20-21H,1-2,5-8,12,14-19H2,(H,31,32,33). The van der Waals surface area contributed by atoms with Gasteiger partial charge < -0.3 is 15.1 Å². The van der Waals surface area contributed by atoms with Gasteiger partial charge in [0, 0.05) is 57.5 Å². The van der Waals surface area contributed by atoms with Crippen LogP contribution in [0.3, 0.4) is 0 Å². The number of hydrogen-bond acceptors (Lipinski definition) is 6. The number of piperidine rings is 1. The summed E-state index contributed by atoms with van der Waals surface area (Å²) in [6.07, 6.45) is 4.80. The second kappa shape index (κ2) is 11.2. The van der Waals surface area contributed by atoms with Crippen LogP contribution in [-0.4, -0.2) is 77.0 Å². The zero-order valence-electron chi connectivity index (χ0n) is 21.1. The molecule has 2 unspecified atom stereocenters. The number of anilines is 2. The molecule has 3 fully saturated rings. The van der Waals surface area contributed by atoms with Crippen molar-refractivity contribution >= 4 is 17.7 Å². The fourth-order valence-corrected chi connectivity index (χ4v) is 5.84. The van der Waals surface area contributed by atoms with Gasteiger partial charge in [0.15, 0.2) is 0 Å². The summed E-state index contributed by atoms with van der Waals surface area (Å²) >= 11 is 0. The predicted molar refractivity (Wildman–Crippen MR) is 137 cm³/mol. The number of carbonyl (C=O) groups is 1. The van der Waals surface area contributed by atoms with Crippen molar-refractivity contribution in [2.45, 2.75) is 63.2 Å². The monoisotopic (exact) mass is 516 g/mol. The molecular formula is C27H35F3N6O. The Hall–Kier alpha value is -2.88. The van der Waals surface area contributed by atoms with E-state index in [1.165, 1.54) is 43.9 Å². The van der Waals surface area contributed by atoms with Gasteiger partial charge in [0.1, 0.15) is 5.82 Å². The van der Waals surface area contributed by atoms with E-state index in [1.54, 1.807) is 4.90 Å². The van der Waals surface area contributed by atoms with Crippen molar-refractivity contribution in [2.75, 3.05) is 49.5 Å². The second-order valence-electron chi connectivity index (χ2n) is 10.4. The van der Waals surface area contributed by atoms with Crippen molar-refractivity contribution in [2.24, 2.45) is 0 Å². The molecule has 1 aromatic carbocycles. The first kappa shape index (κ1) is 25.8. The summed E-state index contributed by atoms with van der Waals surface area (Å²) in [7, 11) is 0. The number of nitrogens with one attached hydrogen (secondary N) is 1. The topological polar surface area (TPSA) is 64.6 Å². The number of carbonyl (C=O) groups excluding carboxylic acids is 1. The largest absolute Gasteiger partial charge is 0.417 e. The third-order valence-electron chi connectivity index (χ3n) is 7.79. The average Bonchev–Trinajstić information content (AvgIpc) is 3.19. The lowest BCUT2D eigenvalue weighted by Gasteiger charge is -2.38. The van der Waals surface area contributed by atoms with Crippen molar-refractivity contribution in [3.05, 3.63) is 47.7 Å². The maximum absolute atomic E-state index is 13.5. The molecule has 37 heavy (non-hydrogen) atoms. The first-order valence-corrected chi connectivity index (χ1v) is 13.4. The quantitative estimate of drug-likeness (QED) is 0.624. The first-order valence-electron chi connectivity index (χ1n) is 13.4. The Morgan fingerprint density at radius 3 is 2.49 bits per heavy atom. The highest BCUT2D eigenvalue weighted by atomic mass is 19.4. The van der Waals surface area contributed by atoms with Gasteiger partial charge in [-0.25, -0.2) is 4.98 Å². The van der Waals surface area contributed by atoms with E-state index in [9.17, 15) is 18.0 Å². The molecule has 3 aliphatic rings. The summed E-state index contributed by atoms with van der Waals surface area (Å²) in [5.74, 6) is 1.07. The van der Waals surface area contributed by atoms with Crippen LogP contribution >= 0.6 is 0 Å². The van der Waals surface area contributed by atoms with Crippen LogP contribution in [0.2, 0.25) is 0 Å². The van der Waals surface area contributed by atoms with E-state index in [0.29, 0.717) is 19.0 Å². The smallest absolute Gasteiger partial charge is 0.356 e. The number of aromatic nitrogens is 2. The Bertz CT molecular complexity index is 1070. The third kappa shape index (κ3) is 6.17. The maximum Gasteiger partial charge on any atom is 0.417 e. The van der Waals surface area contributed by atoms with Gasteiger partial charge in [-0.1, -0.05) is 25.0 Å². The molecule has 2 aromatic rings. The van der Waals surface area contributed by atoms with Crippen LogP contribution in [0.1, 0.15) is 60.9 Å². The lowest BCUT2D eigenvalue weighted by Crippen LogP contribution is -2.49. The zero-order chi connectivity index (χ0) is 25.8. The van der Waals surface area contributed by atoms with Crippen LogP contribution in [0.5, 0.6) is 0 Å². The van der Waals surface area contributed by atoms with E-state index in [2.05, 4.69) is 20.1 Å². The fraction of sp³-hybridized carbons (Fsp3) is 0.593. The molecule has 200 valence electrons. The number of hydrogen-bond donors (Lipinski definition) is 1. The lowest BCUT2D eigenvalue weighted by molar-refractivity contribution is -0.138. The van der Waals surface area contributed by atoms with E-state index in [4.69, 9.17) is 4.98 Å². The van der Waals surface area contributed by atoms with Crippen LogP contribution in [0.25, 0.3) is 0 Å². The molecule has 10 heteroatoms. The molecule has 3 aliphatic heterocycles. The third-order valence-corrected chi connectivity index (χ3v) is 7.79. The molecule has 2 atom stereocenters. The highest BCUT2D eigenvalue weighted by Gasteiger charge is 2.38. The van der Waals surface area contributed by atoms with Crippen LogP contribution in [0, 0.1) is 0 Å². The van der Waals surface area contributed by atoms with Gasteiger partial charge in [0.05, 0.1) is 11.1 Å². The maximum atomic E-state index is 13.5. The SMILES string of the molecule is O=C(c1ccccc1C(F)(F)F)N1CCCC(N2CCC(Nc3nccc(N4CCCCCC4)n3)C2)C1. The van der Waals surface area contributed by atoms with Gasteiger partial charge in [-0.2, -0.15) is 18.2 Å². The van der Waals surface area contributed by atoms with E-state index in [0.717, 1.165) is 57.3 Å². The second-order valence-corrected chi connectivity index (χ2v) is 10.4. The highest BCUT2D eigenvalue weighted by Crippen LogP contribution is 2.33. The summed E-state index contributed by atoms with van der Waals surface area (Å²) in [4.78, 5) is 28.6. The van der Waals surface area contributed by atoms with Crippen LogP contribution in [0.4, 0.5) is 24.9 Å². The number of likely N-dealkylation sites (tertiary alicyclic amines) is 2. The molecule has 1 aromatic heterocycles. The fourth-order valence-electron chi connectivity index (χ4n) is 5.84. The number of nitrogens with zero attached hydrogens (tertiary/aromatic N) is 5. The van der Waals surface area contributed by atoms with E-state index >= 15 is 0 Å². The number of alkyl halides is 3. The first-order chi connectivity index (χ1) is 17.9. The number of benzene rings is 1. The van der Waals surface area contributed by atoms with E-state index in [1.807, 2.05) is 12.3 Å². The van der Waals surface area contributed by atoms with Gasteiger partial charge in [-0.3, -0.25) is 9.69 Å². The van der Waals surface area contributed by atoms with Crippen LogP contribution < -0.4 is 10.2 Å². The minimum absolute atomic E-state index is 0.131. The predicted octanol–water partition coefficient (Wildman–Crippen LogP) is 4.67. The molecule has 0 spiro atoms.